The van der Waals surface area contributed by atoms with E-state index in [1.165, 1.54) is 12.1 Å². The quantitative estimate of drug-likeness (QED) is 0.160. The van der Waals surface area contributed by atoms with E-state index in [2.05, 4.69) is 6.07 Å². The Kier molecular flexibility index (Phi) is 9.23. The Bertz CT molecular complexity index is 3020. The number of benzene rings is 7. The molecule has 10 aromatic rings. The molecule has 0 unspecified atom stereocenters. The zero-order valence-electron chi connectivity index (χ0n) is 32.2. The number of hydrogen-bond acceptors (Lipinski definition) is 5. The predicted octanol–water partition coefficient (Wildman–Crippen LogP) is 13.3. The predicted molar refractivity (Wildman–Crippen MR) is 234 cm³/mol. The summed E-state index contributed by atoms with van der Waals surface area (Å²) in [5.74, 6) is 0.923. The molecule has 0 bridgehead atoms. The summed E-state index contributed by atoms with van der Waals surface area (Å²) in [4.78, 5) is 20.5. The van der Waals surface area contributed by atoms with E-state index in [1.54, 1.807) is 12.1 Å². The zero-order valence-corrected chi connectivity index (χ0v) is 32.2. The summed E-state index contributed by atoms with van der Waals surface area (Å²) in [7, 11) is 0. The molecule has 0 saturated carbocycles. The lowest BCUT2D eigenvalue weighted by Gasteiger charge is -2.20. The second-order valence-corrected chi connectivity index (χ2v) is 14.5. The lowest BCUT2D eigenvalue weighted by Crippen LogP contribution is -2.06. The molecule has 0 fully saturated rings. The van der Waals surface area contributed by atoms with Crippen LogP contribution in [0.25, 0.3) is 95.3 Å². The van der Waals surface area contributed by atoms with Gasteiger partial charge in [-0.3, -0.25) is 0 Å². The molecule has 0 saturated heterocycles. The van der Waals surface area contributed by atoms with E-state index in [9.17, 15) is 18.4 Å². The van der Waals surface area contributed by atoms with Gasteiger partial charge < -0.3 is 4.57 Å². The van der Waals surface area contributed by atoms with Crippen molar-refractivity contribution < 1.29 is 13.2 Å². The maximum absolute atomic E-state index is 14.3. The number of hydrogen-bond donors (Lipinski definition) is 0. The van der Waals surface area contributed by atoms with E-state index in [-0.39, 0.29) is 0 Å². The third-order valence-electron chi connectivity index (χ3n) is 10.7. The van der Waals surface area contributed by atoms with Crippen LogP contribution in [0.2, 0.25) is 0 Å². The van der Waals surface area contributed by atoms with E-state index in [1.807, 2.05) is 162 Å². The molecule has 9 heteroatoms. The monoisotopic (exact) mass is 796 g/mol. The minimum Gasteiger partial charge on any atom is -0.308 e. The first-order valence-corrected chi connectivity index (χ1v) is 19.5. The van der Waals surface area contributed by atoms with Gasteiger partial charge in [-0.2, -0.15) is 18.4 Å². The van der Waals surface area contributed by atoms with Gasteiger partial charge >= 0.3 is 6.18 Å². The normalized spacial score (nSPS) is 11.5. The molecule has 3 heterocycles. The lowest BCUT2D eigenvalue weighted by atomic mass is 9.95. The van der Waals surface area contributed by atoms with Gasteiger partial charge in [-0.25, -0.2) is 19.9 Å². The fourth-order valence-corrected chi connectivity index (χ4v) is 7.84. The molecule has 290 valence electrons. The molecule has 0 aliphatic carbocycles. The van der Waals surface area contributed by atoms with E-state index in [0.29, 0.717) is 78.6 Å². The van der Waals surface area contributed by atoms with Crippen molar-refractivity contribution in [2.75, 3.05) is 0 Å². The average molecular weight is 797 g/mol. The van der Waals surface area contributed by atoms with Gasteiger partial charge in [0.1, 0.15) is 0 Å². The van der Waals surface area contributed by atoms with E-state index < -0.39 is 11.7 Å². The van der Waals surface area contributed by atoms with Gasteiger partial charge in [-0.1, -0.05) is 140 Å². The molecule has 0 N–H and O–H groups in total. The minimum atomic E-state index is -4.56. The summed E-state index contributed by atoms with van der Waals surface area (Å²) < 4.78 is 45.0. The first kappa shape index (κ1) is 37.1. The van der Waals surface area contributed by atoms with Gasteiger partial charge in [0, 0.05) is 44.2 Å². The molecule has 61 heavy (non-hydrogen) atoms. The molecule has 3 aromatic heterocycles. The number of aromatic nitrogens is 5. The topological polar surface area (TPSA) is 80.3 Å². The van der Waals surface area contributed by atoms with Crippen molar-refractivity contribution in [1.82, 2.24) is 24.5 Å². The molecule has 0 aliphatic rings. The zero-order chi connectivity index (χ0) is 41.5. The van der Waals surface area contributed by atoms with Crippen molar-refractivity contribution in [2.45, 2.75) is 6.18 Å². The lowest BCUT2D eigenvalue weighted by molar-refractivity contribution is -0.137. The number of alkyl halides is 3. The molecule has 10 rings (SSSR count). The molecule has 0 amide bonds. The highest BCUT2D eigenvalue weighted by molar-refractivity contribution is 6.11. The van der Waals surface area contributed by atoms with Crippen LogP contribution < -0.4 is 0 Å². The Hall–Kier alpha value is -8.22. The molecule has 6 nitrogen and oxygen atoms in total. The van der Waals surface area contributed by atoms with Crippen LogP contribution in [0, 0.1) is 11.3 Å². The SMILES string of the molecule is N#Cc1cc(-c2cc(-c3ccccc3)nc(-c3ccccc3)n2)c(-n2c3ccccc3c3cc(C(F)(F)F)ccc32)c(-c2cc(-c3ccccc3)nc(-c3ccccc3)n2)c1. The van der Waals surface area contributed by atoms with Gasteiger partial charge in [0.05, 0.1) is 56.7 Å². The number of halogens is 3. The maximum atomic E-state index is 14.3. The van der Waals surface area contributed by atoms with Crippen molar-refractivity contribution in [1.29, 1.82) is 5.26 Å². The van der Waals surface area contributed by atoms with Crippen LogP contribution in [0.15, 0.2) is 188 Å². The molecular formula is C52H31F3N6. The summed E-state index contributed by atoms with van der Waals surface area (Å²) >= 11 is 0. The Morgan fingerprint density at radius 2 is 0.852 bits per heavy atom. The number of nitriles is 1. The second-order valence-electron chi connectivity index (χ2n) is 14.5. The van der Waals surface area contributed by atoms with Crippen LogP contribution in [-0.2, 0) is 6.18 Å². The molecule has 0 aliphatic heterocycles. The van der Waals surface area contributed by atoms with Crippen LogP contribution in [0.5, 0.6) is 0 Å². The van der Waals surface area contributed by atoms with E-state index in [4.69, 9.17) is 19.9 Å². The third kappa shape index (κ3) is 6.96. The van der Waals surface area contributed by atoms with Crippen molar-refractivity contribution >= 4 is 21.8 Å². The van der Waals surface area contributed by atoms with Crippen molar-refractivity contribution in [3.63, 3.8) is 0 Å². The van der Waals surface area contributed by atoms with Crippen LogP contribution in [0.3, 0.4) is 0 Å². The summed E-state index contributed by atoms with van der Waals surface area (Å²) in [6.45, 7) is 0. The highest BCUT2D eigenvalue weighted by Crippen LogP contribution is 2.44. The molecule has 0 radical (unpaired) electrons. The molecule has 0 atom stereocenters. The average Bonchev–Trinajstić information content (AvgIpc) is 3.65. The Morgan fingerprint density at radius 1 is 0.426 bits per heavy atom. The third-order valence-corrected chi connectivity index (χ3v) is 10.7. The number of fused-ring (bicyclic) bond motifs is 3. The largest absolute Gasteiger partial charge is 0.416 e. The molecule has 7 aromatic carbocycles. The fraction of sp³-hybridized carbons (Fsp3) is 0.0192. The Labute approximate surface area is 348 Å². The van der Waals surface area contributed by atoms with Crippen LogP contribution >= 0.6 is 0 Å². The summed E-state index contributed by atoms with van der Waals surface area (Å²) in [5, 5.41) is 11.8. The Balaban J connectivity index is 1.37. The number of rotatable bonds is 7. The first-order chi connectivity index (χ1) is 29.8. The number of para-hydroxylation sites is 1. The van der Waals surface area contributed by atoms with Crippen molar-refractivity contribution in [2.24, 2.45) is 0 Å². The van der Waals surface area contributed by atoms with E-state index in [0.717, 1.165) is 28.3 Å². The van der Waals surface area contributed by atoms with Gasteiger partial charge in [0.25, 0.3) is 0 Å². The summed E-state index contributed by atoms with van der Waals surface area (Å²) in [5.41, 5.74) is 8.01. The van der Waals surface area contributed by atoms with Gasteiger partial charge in [0.2, 0.25) is 0 Å². The summed E-state index contributed by atoms with van der Waals surface area (Å²) in [6.07, 6.45) is -4.56. The van der Waals surface area contributed by atoms with Crippen LogP contribution in [0.4, 0.5) is 13.2 Å². The van der Waals surface area contributed by atoms with Crippen LogP contribution in [0.1, 0.15) is 11.1 Å². The minimum absolute atomic E-state index is 0.330. The Morgan fingerprint density at radius 3 is 1.33 bits per heavy atom. The second kappa shape index (κ2) is 15.2. The summed E-state index contributed by atoms with van der Waals surface area (Å²) in [6, 6.07) is 59.8. The standard InChI is InChI=1S/C52H31F3N6/c53-52(54,55)38-25-26-48-40(29-38)39-23-13-14-24-47(39)61(48)49-41(45-30-43(34-15-5-1-6-16-34)57-50(59-45)36-19-9-3-10-20-36)27-33(32-56)28-42(49)46-31-44(35-17-7-2-8-18-35)58-51(60-46)37-21-11-4-12-22-37/h1-31H. The molecular weight excluding hydrogens is 766 g/mol. The van der Waals surface area contributed by atoms with Gasteiger partial charge in [-0.05, 0) is 48.5 Å². The van der Waals surface area contributed by atoms with Crippen LogP contribution in [-0.4, -0.2) is 24.5 Å². The van der Waals surface area contributed by atoms with Gasteiger partial charge in [-0.15, -0.1) is 0 Å². The number of nitrogens with zero attached hydrogens (tertiary/aromatic N) is 6. The van der Waals surface area contributed by atoms with Gasteiger partial charge in [0.15, 0.2) is 11.6 Å². The van der Waals surface area contributed by atoms with E-state index >= 15 is 0 Å². The molecule has 0 spiro atoms. The maximum Gasteiger partial charge on any atom is 0.416 e. The fourth-order valence-electron chi connectivity index (χ4n) is 7.84. The highest BCUT2D eigenvalue weighted by Gasteiger charge is 2.32. The first-order valence-electron chi connectivity index (χ1n) is 19.5. The smallest absolute Gasteiger partial charge is 0.308 e. The van der Waals surface area contributed by atoms with Crippen molar-refractivity contribution in [3.8, 4) is 79.6 Å². The highest BCUT2D eigenvalue weighted by atomic mass is 19.4. The van der Waals surface area contributed by atoms with Crippen molar-refractivity contribution in [3.05, 3.63) is 199 Å².